The van der Waals surface area contributed by atoms with Crippen molar-refractivity contribution in [1.29, 1.82) is 0 Å². The molecule has 2 heterocycles. The van der Waals surface area contributed by atoms with Gasteiger partial charge in [-0.2, -0.15) is 0 Å². The molecule has 116 valence electrons. The molecular weight excluding hydrogens is 338 g/mol. The highest BCUT2D eigenvalue weighted by atomic mass is 79.9. The third kappa shape index (κ3) is 4.31. The average Bonchev–Trinajstić information content (AvgIpc) is 2.40. The van der Waals surface area contributed by atoms with Crippen molar-refractivity contribution < 1.29 is 9.53 Å². The SMILES string of the molecule is CC(C)(C)OC(=O)N1CCNC(c2c[nH]c(=O)c(Br)c2)C1. The minimum Gasteiger partial charge on any atom is -0.444 e. The van der Waals surface area contributed by atoms with E-state index in [4.69, 9.17) is 4.74 Å². The maximum Gasteiger partial charge on any atom is 0.410 e. The van der Waals surface area contributed by atoms with Gasteiger partial charge in [0, 0.05) is 25.8 Å². The minimum atomic E-state index is -0.502. The Kier molecular flexibility index (Phi) is 4.73. The number of halogens is 1. The Morgan fingerprint density at radius 2 is 2.19 bits per heavy atom. The van der Waals surface area contributed by atoms with E-state index >= 15 is 0 Å². The van der Waals surface area contributed by atoms with Gasteiger partial charge in [0.05, 0.1) is 10.5 Å². The average molecular weight is 358 g/mol. The summed E-state index contributed by atoms with van der Waals surface area (Å²) in [7, 11) is 0. The second-order valence-corrected chi connectivity index (χ2v) is 6.90. The highest BCUT2D eigenvalue weighted by Gasteiger charge is 2.28. The highest BCUT2D eigenvalue weighted by molar-refractivity contribution is 9.10. The number of aromatic nitrogens is 1. The molecule has 1 unspecified atom stereocenters. The molecule has 0 spiro atoms. The van der Waals surface area contributed by atoms with Gasteiger partial charge in [-0.1, -0.05) is 0 Å². The van der Waals surface area contributed by atoms with Gasteiger partial charge in [0.1, 0.15) is 5.60 Å². The van der Waals surface area contributed by atoms with Crippen LogP contribution in [0.2, 0.25) is 0 Å². The minimum absolute atomic E-state index is 0.0283. The molecule has 1 aliphatic heterocycles. The molecule has 0 bridgehead atoms. The second-order valence-electron chi connectivity index (χ2n) is 6.04. The van der Waals surface area contributed by atoms with E-state index in [1.807, 2.05) is 20.8 Å². The van der Waals surface area contributed by atoms with Crippen LogP contribution >= 0.6 is 15.9 Å². The van der Waals surface area contributed by atoms with Crippen LogP contribution in [-0.2, 0) is 4.74 Å². The quantitative estimate of drug-likeness (QED) is 0.806. The second kappa shape index (κ2) is 6.19. The molecule has 0 aliphatic carbocycles. The van der Waals surface area contributed by atoms with Gasteiger partial charge in [0.15, 0.2) is 0 Å². The number of pyridine rings is 1. The lowest BCUT2D eigenvalue weighted by Crippen LogP contribution is -2.49. The largest absolute Gasteiger partial charge is 0.444 e. The van der Waals surface area contributed by atoms with Crippen LogP contribution in [0.1, 0.15) is 32.4 Å². The molecule has 0 radical (unpaired) electrons. The number of amides is 1. The third-order valence-electron chi connectivity index (χ3n) is 3.11. The number of rotatable bonds is 1. The van der Waals surface area contributed by atoms with E-state index in [1.165, 1.54) is 0 Å². The predicted molar refractivity (Wildman–Crippen MR) is 83.3 cm³/mol. The van der Waals surface area contributed by atoms with Gasteiger partial charge >= 0.3 is 6.09 Å². The van der Waals surface area contributed by atoms with E-state index in [9.17, 15) is 9.59 Å². The van der Waals surface area contributed by atoms with Crippen LogP contribution in [0.4, 0.5) is 4.79 Å². The smallest absolute Gasteiger partial charge is 0.410 e. The number of ether oxygens (including phenoxy) is 1. The number of nitrogens with one attached hydrogen (secondary N) is 2. The number of aromatic amines is 1. The lowest BCUT2D eigenvalue weighted by molar-refractivity contribution is 0.0195. The molecule has 1 amide bonds. The molecule has 1 aromatic rings. The fourth-order valence-corrected chi connectivity index (χ4v) is 2.52. The Balaban J connectivity index is 2.08. The number of carbonyl (C=O) groups is 1. The molecule has 7 heteroatoms. The number of nitrogens with zero attached hydrogens (tertiary/aromatic N) is 1. The summed E-state index contributed by atoms with van der Waals surface area (Å²) in [5, 5.41) is 3.34. The normalized spacial score (nSPS) is 19.4. The molecule has 1 aliphatic rings. The predicted octanol–water partition coefficient (Wildman–Crippen LogP) is 2.02. The maximum atomic E-state index is 12.1. The molecule has 2 N–H and O–H groups in total. The fourth-order valence-electron chi connectivity index (χ4n) is 2.14. The monoisotopic (exact) mass is 357 g/mol. The van der Waals surface area contributed by atoms with Crippen LogP contribution in [0.3, 0.4) is 0 Å². The zero-order chi connectivity index (χ0) is 15.6. The first kappa shape index (κ1) is 16.0. The van der Waals surface area contributed by atoms with Gasteiger partial charge in [0.2, 0.25) is 0 Å². The highest BCUT2D eigenvalue weighted by Crippen LogP contribution is 2.20. The zero-order valence-electron chi connectivity index (χ0n) is 12.4. The Bertz CT molecular complexity index is 580. The van der Waals surface area contributed by atoms with Crippen molar-refractivity contribution in [3.8, 4) is 0 Å². The topological polar surface area (TPSA) is 74.4 Å². The van der Waals surface area contributed by atoms with Gasteiger partial charge in [-0.15, -0.1) is 0 Å². The Morgan fingerprint density at radius 1 is 1.48 bits per heavy atom. The van der Waals surface area contributed by atoms with Crippen LogP contribution in [0.5, 0.6) is 0 Å². The fraction of sp³-hybridized carbons (Fsp3) is 0.571. The van der Waals surface area contributed by atoms with Crippen LogP contribution in [0, 0.1) is 0 Å². The van der Waals surface area contributed by atoms with Crippen molar-refractivity contribution in [2.45, 2.75) is 32.4 Å². The van der Waals surface area contributed by atoms with E-state index in [0.717, 1.165) is 5.56 Å². The van der Waals surface area contributed by atoms with Crippen LogP contribution in [0.15, 0.2) is 21.5 Å². The first-order valence-corrected chi connectivity index (χ1v) is 7.65. The summed E-state index contributed by atoms with van der Waals surface area (Å²) >= 11 is 3.22. The van der Waals surface area contributed by atoms with Crippen molar-refractivity contribution >= 4 is 22.0 Å². The zero-order valence-corrected chi connectivity index (χ0v) is 14.0. The van der Waals surface area contributed by atoms with Crippen LogP contribution < -0.4 is 10.9 Å². The Morgan fingerprint density at radius 3 is 2.81 bits per heavy atom. The maximum absolute atomic E-state index is 12.1. The van der Waals surface area contributed by atoms with E-state index in [1.54, 1.807) is 17.2 Å². The van der Waals surface area contributed by atoms with Gasteiger partial charge in [-0.3, -0.25) is 4.79 Å². The van der Waals surface area contributed by atoms with Crippen molar-refractivity contribution in [1.82, 2.24) is 15.2 Å². The van der Waals surface area contributed by atoms with E-state index in [2.05, 4.69) is 26.2 Å². The summed E-state index contributed by atoms with van der Waals surface area (Å²) in [5.41, 5.74) is 0.256. The molecule has 1 atom stereocenters. The van der Waals surface area contributed by atoms with Crippen molar-refractivity contribution in [2.24, 2.45) is 0 Å². The molecule has 1 saturated heterocycles. The summed E-state index contributed by atoms with van der Waals surface area (Å²) < 4.78 is 5.88. The first-order valence-electron chi connectivity index (χ1n) is 6.86. The molecule has 21 heavy (non-hydrogen) atoms. The van der Waals surface area contributed by atoms with Crippen LogP contribution in [0.25, 0.3) is 0 Å². The lowest BCUT2D eigenvalue weighted by Gasteiger charge is -2.35. The van der Waals surface area contributed by atoms with Gasteiger partial charge in [0.25, 0.3) is 5.56 Å². The summed E-state index contributed by atoms with van der Waals surface area (Å²) in [4.78, 5) is 27.9. The molecule has 0 aromatic carbocycles. The van der Waals surface area contributed by atoms with Crippen molar-refractivity contribution in [3.63, 3.8) is 0 Å². The molecule has 1 fully saturated rings. The lowest BCUT2D eigenvalue weighted by atomic mass is 10.1. The van der Waals surface area contributed by atoms with Crippen molar-refractivity contribution in [3.05, 3.63) is 32.7 Å². The number of hydrogen-bond donors (Lipinski definition) is 2. The van der Waals surface area contributed by atoms with Gasteiger partial charge in [-0.25, -0.2) is 4.79 Å². The molecular formula is C14H20BrN3O3. The van der Waals surface area contributed by atoms with E-state index in [0.29, 0.717) is 24.1 Å². The third-order valence-corrected chi connectivity index (χ3v) is 3.70. The van der Waals surface area contributed by atoms with Crippen LogP contribution in [-0.4, -0.2) is 41.2 Å². The van der Waals surface area contributed by atoms with E-state index < -0.39 is 5.60 Å². The van der Waals surface area contributed by atoms with Gasteiger partial charge in [-0.05, 0) is 48.3 Å². The summed E-state index contributed by atoms with van der Waals surface area (Å²) in [6.45, 7) is 7.35. The number of H-pyrrole nitrogens is 1. The summed E-state index contributed by atoms with van der Waals surface area (Å²) in [6.07, 6.45) is 1.36. The number of carbonyl (C=O) groups excluding carboxylic acids is 1. The standard InChI is InChI=1S/C14H20BrN3O3/c1-14(2,3)21-13(20)18-5-4-16-11(8-18)9-6-10(15)12(19)17-7-9/h6-7,11,16H,4-5,8H2,1-3H3,(H,17,19). The van der Waals surface area contributed by atoms with Crippen molar-refractivity contribution in [2.75, 3.05) is 19.6 Å². The number of hydrogen-bond acceptors (Lipinski definition) is 4. The molecule has 0 saturated carbocycles. The Hall–Kier alpha value is -1.34. The molecule has 1 aromatic heterocycles. The molecule has 6 nitrogen and oxygen atoms in total. The van der Waals surface area contributed by atoms with E-state index in [-0.39, 0.29) is 17.7 Å². The van der Waals surface area contributed by atoms with Gasteiger partial charge < -0.3 is 19.9 Å². The summed E-state index contributed by atoms with van der Waals surface area (Å²) in [5.74, 6) is 0. The summed E-state index contributed by atoms with van der Waals surface area (Å²) in [6, 6.07) is 1.74. The first-order chi connectivity index (χ1) is 9.76. The number of piperazine rings is 1. The Labute approximate surface area is 132 Å². The molecule has 2 rings (SSSR count).